The highest BCUT2D eigenvalue weighted by molar-refractivity contribution is 5.89. The molecule has 2 aliphatic heterocycles. The minimum Gasteiger partial charge on any atom is -0.492 e. The van der Waals surface area contributed by atoms with Crippen molar-refractivity contribution in [2.24, 2.45) is 11.8 Å². The summed E-state index contributed by atoms with van der Waals surface area (Å²) in [5, 5.41) is 6.38. The van der Waals surface area contributed by atoms with Crippen molar-refractivity contribution in [3.05, 3.63) is 23.8 Å². The van der Waals surface area contributed by atoms with Crippen molar-refractivity contribution in [3.8, 4) is 5.75 Å². The van der Waals surface area contributed by atoms with E-state index in [1.165, 1.54) is 19.3 Å². The van der Waals surface area contributed by atoms with Crippen LogP contribution < -0.4 is 15.4 Å². The first-order valence-corrected chi connectivity index (χ1v) is 9.40. The summed E-state index contributed by atoms with van der Waals surface area (Å²) in [5.41, 5.74) is 1.91. The van der Waals surface area contributed by atoms with Crippen molar-refractivity contribution in [3.63, 3.8) is 0 Å². The molecule has 6 heteroatoms. The second-order valence-electron chi connectivity index (χ2n) is 7.25. The van der Waals surface area contributed by atoms with E-state index in [2.05, 4.69) is 10.6 Å². The number of anilines is 1. The molecular weight excluding hydrogens is 318 g/mol. The van der Waals surface area contributed by atoms with Crippen molar-refractivity contribution in [2.45, 2.75) is 25.8 Å². The average molecular weight is 345 g/mol. The van der Waals surface area contributed by atoms with Crippen molar-refractivity contribution >= 4 is 11.7 Å². The number of benzene rings is 1. The Kier molecular flexibility index (Phi) is 5.08. The third kappa shape index (κ3) is 3.90. The van der Waals surface area contributed by atoms with Crippen molar-refractivity contribution in [1.29, 1.82) is 0 Å². The molecule has 0 spiro atoms. The first-order valence-electron chi connectivity index (χ1n) is 9.40. The maximum absolute atomic E-state index is 12.7. The Bertz CT molecular complexity index is 618. The Morgan fingerprint density at radius 3 is 3.00 bits per heavy atom. The van der Waals surface area contributed by atoms with Crippen LogP contribution in [0.25, 0.3) is 0 Å². The van der Waals surface area contributed by atoms with E-state index in [9.17, 15) is 4.79 Å². The molecule has 6 nitrogen and oxygen atoms in total. The SMILES string of the molecule is O=C(Nc1ccc2c(c1)CNCCO2)N1CCOCC(C2CCC2)C1. The normalized spacial score (nSPS) is 24.3. The summed E-state index contributed by atoms with van der Waals surface area (Å²) in [5.74, 6) is 2.10. The summed E-state index contributed by atoms with van der Waals surface area (Å²) in [6.07, 6.45) is 3.88. The average Bonchev–Trinajstić information content (AvgIpc) is 2.93. The summed E-state index contributed by atoms with van der Waals surface area (Å²) < 4.78 is 11.4. The number of nitrogens with zero attached hydrogens (tertiary/aromatic N) is 1. The van der Waals surface area contributed by atoms with Gasteiger partial charge in [-0.2, -0.15) is 0 Å². The predicted octanol–water partition coefficient (Wildman–Crippen LogP) is 2.45. The van der Waals surface area contributed by atoms with Crippen LogP contribution in [0.15, 0.2) is 18.2 Å². The molecule has 2 amide bonds. The molecule has 0 aromatic heterocycles. The Labute approximate surface area is 148 Å². The fourth-order valence-electron chi connectivity index (χ4n) is 3.81. The zero-order chi connectivity index (χ0) is 17.1. The van der Waals surface area contributed by atoms with E-state index in [-0.39, 0.29) is 6.03 Å². The minimum absolute atomic E-state index is 0.0303. The van der Waals surface area contributed by atoms with Crippen molar-refractivity contribution in [2.75, 3.05) is 44.8 Å². The molecule has 0 bridgehead atoms. The Morgan fingerprint density at radius 2 is 2.16 bits per heavy atom. The first-order chi connectivity index (χ1) is 12.3. The highest BCUT2D eigenvalue weighted by Crippen LogP contribution is 2.35. The quantitative estimate of drug-likeness (QED) is 0.864. The van der Waals surface area contributed by atoms with Gasteiger partial charge in [0, 0.05) is 43.3 Å². The van der Waals surface area contributed by atoms with Gasteiger partial charge in [-0.3, -0.25) is 0 Å². The molecule has 1 saturated heterocycles. The van der Waals surface area contributed by atoms with Gasteiger partial charge < -0.3 is 25.0 Å². The summed E-state index contributed by atoms with van der Waals surface area (Å²) in [4.78, 5) is 14.7. The first kappa shape index (κ1) is 16.7. The van der Waals surface area contributed by atoms with E-state index in [1.807, 2.05) is 23.1 Å². The van der Waals surface area contributed by atoms with Crippen LogP contribution in [-0.4, -0.2) is 50.4 Å². The Hall–Kier alpha value is -1.79. The molecule has 1 aromatic carbocycles. The van der Waals surface area contributed by atoms with Gasteiger partial charge in [0.25, 0.3) is 0 Å². The monoisotopic (exact) mass is 345 g/mol. The highest BCUT2D eigenvalue weighted by atomic mass is 16.5. The molecule has 1 unspecified atom stereocenters. The number of hydrogen-bond donors (Lipinski definition) is 2. The van der Waals surface area contributed by atoms with Gasteiger partial charge in [0.15, 0.2) is 0 Å². The summed E-state index contributed by atoms with van der Waals surface area (Å²) in [7, 11) is 0. The Morgan fingerprint density at radius 1 is 1.24 bits per heavy atom. The summed E-state index contributed by atoms with van der Waals surface area (Å²) in [6, 6.07) is 5.83. The minimum atomic E-state index is -0.0303. The molecule has 2 N–H and O–H groups in total. The number of fused-ring (bicyclic) bond motifs is 1. The molecule has 3 aliphatic rings. The number of carbonyl (C=O) groups is 1. The zero-order valence-corrected chi connectivity index (χ0v) is 14.6. The van der Waals surface area contributed by atoms with Crippen LogP contribution in [0.2, 0.25) is 0 Å². The van der Waals surface area contributed by atoms with Crippen LogP contribution in [0.1, 0.15) is 24.8 Å². The van der Waals surface area contributed by atoms with Crippen LogP contribution in [0.3, 0.4) is 0 Å². The fraction of sp³-hybridized carbons (Fsp3) is 0.632. The highest BCUT2D eigenvalue weighted by Gasteiger charge is 2.32. The van der Waals surface area contributed by atoms with E-state index in [0.29, 0.717) is 25.7 Å². The lowest BCUT2D eigenvalue weighted by Crippen LogP contribution is -2.41. The van der Waals surface area contributed by atoms with Crippen molar-refractivity contribution < 1.29 is 14.3 Å². The number of hydrogen-bond acceptors (Lipinski definition) is 4. The number of carbonyl (C=O) groups excluding carboxylic acids is 1. The molecule has 0 radical (unpaired) electrons. The van der Waals surface area contributed by atoms with Crippen molar-refractivity contribution in [1.82, 2.24) is 10.2 Å². The van der Waals surface area contributed by atoms with Gasteiger partial charge >= 0.3 is 6.03 Å². The fourth-order valence-corrected chi connectivity index (χ4v) is 3.81. The maximum atomic E-state index is 12.7. The lowest BCUT2D eigenvalue weighted by molar-refractivity contribution is 0.0776. The van der Waals surface area contributed by atoms with Crippen LogP contribution in [0.5, 0.6) is 5.75 Å². The molecule has 1 atom stereocenters. The van der Waals surface area contributed by atoms with Gasteiger partial charge in [-0.15, -0.1) is 0 Å². The lowest BCUT2D eigenvalue weighted by Gasteiger charge is -2.34. The van der Waals surface area contributed by atoms with E-state index in [0.717, 1.165) is 49.2 Å². The van der Waals surface area contributed by atoms with E-state index in [1.54, 1.807) is 0 Å². The van der Waals surface area contributed by atoms with E-state index >= 15 is 0 Å². The molecule has 1 aromatic rings. The summed E-state index contributed by atoms with van der Waals surface area (Å²) in [6.45, 7) is 5.15. The molecule has 2 fully saturated rings. The maximum Gasteiger partial charge on any atom is 0.321 e. The van der Waals surface area contributed by atoms with Crippen LogP contribution >= 0.6 is 0 Å². The van der Waals surface area contributed by atoms with E-state index in [4.69, 9.17) is 9.47 Å². The van der Waals surface area contributed by atoms with Crippen LogP contribution in [0.4, 0.5) is 10.5 Å². The Balaban J connectivity index is 1.41. The molecule has 1 aliphatic carbocycles. The molecule has 1 saturated carbocycles. The molecule has 4 rings (SSSR count). The number of amides is 2. The second-order valence-corrected chi connectivity index (χ2v) is 7.25. The van der Waals surface area contributed by atoms with Gasteiger partial charge in [-0.1, -0.05) is 19.3 Å². The largest absolute Gasteiger partial charge is 0.492 e. The number of nitrogens with one attached hydrogen (secondary N) is 2. The third-order valence-corrected chi connectivity index (χ3v) is 5.56. The molecular formula is C19H27N3O3. The lowest BCUT2D eigenvalue weighted by atomic mass is 9.76. The molecule has 25 heavy (non-hydrogen) atoms. The van der Waals surface area contributed by atoms with Gasteiger partial charge in [0.2, 0.25) is 0 Å². The smallest absolute Gasteiger partial charge is 0.321 e. The van der Waals surface area contributed by atoms with E-state index < -0.39 is 0 Å². The number of rotatable bonds is 2. The topological polar surface area (TPSA) is 62.8 Å². The van der Waals surface area contributed by atoms with Crippen LogP contribution in [-0.2, 0) is 11.3 Å². The van der Waals surface area contributed by atoms with Gasteiger partial charge in [0.1, 0.15) is 12.4 Å². The second kappa shape index (κ2) is 7.62. The summed E-state index contributed by atoms with van der Waals surface area (Å²) >= 11 is 0. The van der Waals surface area contributed by atoms with Crippen LogP contribution in [0, 0.1) is 11.8 Å². The van der Waals surface area contributed by atoms with Gasteiger partial charge in [-0.25, -0.2) is 4.79 Å². The van der Waals surface area contributed by atoms with Gasteiger partial charge in [-0.05, 0) is 24.1 Å². The van der Waals surface area contributed by atoms with Gasteiger partial charge in [0.05, 0.1) is 13.2 Å². The zero-order valence-electron chi connectivity index (χ0n) is 14.6. The predicted molar refractivity (Wildman–Crippen MR) is 95.9 cm³/mol. The standard InChI is InChI=1S/C19H27N3O3/c23-19(22-7-9-24-13-16(12-22)14-2-1-3-14)21-17-4-5-18-15(10-17)11-20-6-8-25-18/h4-5,10,14,16,20H,1-3,6-9,11-13H2,(H,21,23). The molecule has 136 valence electrons. The number of urea groups is 1. The third-order valence-electron chi connectivity index (χ3n) is 5.56. The molecule has 2 heterocycles. The number of ether oxygens (including phenoxy) is 2.